The molecule has 0 saturated heterocycles. The molecule has 1 aromatic carbocycles. The van der Waals surface area contributed by atoms with Gasteiger partial charge in [-0.05, 0) is 31.2 Å². The van der Waals surface area contributed by atoms with Gasteiger partial charge in [0, 0.05) is 24.4 Å². The summed E-state index contributed by atoms with van der Waals surface area (Å²) in [6.07, 6.45) is 3.73. The van der Waals surface area contributed by atoms with E-state index in [2.05, 4.69) is 15.5 Å². The Morgan fingerprint density at radius 2 is 2.04 bits per heavy atom. The van der Waals surface area contributed by atoms with Gasteiger partial charge in [-0.25, -0.2) is 9.07 Å². The molecule has 0 fully saturated rings. The van der Waals surface area contributed by atoms with Crippen LogP contribution in [0, 0.1) is 12.7 Å². The fraction of sp³-hybridized carbons (Fsp3) is 0.235. The number of aryl methyl sites for hydroxylation is 2. The molecule has 0 saturated carbocycles. The molecule has 0 aliphatic carbocycles. The minimum atomic E-state index is -0.314. The largest absolute Gasteiger partial charge is 0.310 e. The van der Waals surface area contributed by atoms with Gasteiger partial charge in [-0.1, -0.05) is 0 Å². The molecule has 0 radical (unpaired) electrons. The summed E-state index contributed by atoms with van der Waals surface area (Å²) in [5, 5.41) is 11.7. The van der Waals surface area contributed by atoms with Crippen molar-refractivity contribution in [1.29, 1.82) is 0 Å². The highest BCUT2D eigenvalue weighted by atomic mass is 32.2. The second-order valence-electron chi connectivity index (χ2n) is 5.92. The predicted octanol–water partition coefficient (Wildman–Crippen LogP) is 2.83. The maximum absolute atomic E-state index is 13.2. The van der Waals surface area contributed by atoms with Crippen molar-refractivity contribution < 1.29 is 9.18 Å². The lowest BCUT2D eigenvalue weighted by atomic mass is 10.1. The van der Waals surface area contributed by atoms with Crippen molar-refractivity contribution in [2.24, 2.45) is 7.05 Å². The lowest BCUT2D eigenvalue weighted by Gasteiger charge is -2.13. The topological polar surface area (TPSA) is 64.7 Å². The molecule has 128 valence electrons. The number of carbonyl (C=O) groups is 1. The Bertz CT molecular complexity index is 947. The van der Waals surface area contributed by atoms with Crippen molar-refractivity contribution in [3.63, 3.8) is 0 Å². The second-order valence-corrected chi connectivity index (χ2v) is 7.01. The molecule has 0 unspecified atom stereocenters. The van der Waals surface area contributed by atoms with E-state index in [0.717, 1.165) is 16.8 Å². The first-order valence-corrected chi connectivity index (χ1v) is 8.83. The van der Waals surface area contributed by atoms with E-state index in [0.29, 0.717) is 17.3 Å². The molecule has 1 aliphatic heterocycles. The molecule has 6 nitrogen and oxygen atoms in total. The zero-order valence-electron chi connectivity index (χ0n) is 13.7. The van der Waals surface area contributed by atoms with E-state index in [9.17, 15) is 9.18 Å². The van der Waals surface area contributed by atoms with Gasteiger partial charge in [0.2, 0.25) is 5.91 Å². The van der Waals surface area contributed by atoms with E-state index in [1.54, 1.807) is 39.5 Å². The van der Waals surface area contributed by atoms with E-state index >= 15 is 0 Å². The van der Waals surface area contributed by atoms with Crippen LogP contribution >= 0.6 is 11.8 Å². The number of anilines is 1. The van der Waals surface area contributed by atoms with Gasteiger partial charge in [-0.15, -0.1) is 11.8 Å². The second kappa shape index (κ2) is 6.03. The molecule has 4 rings (SSSR count). The molecule has 2 aromatic heterocycles. The Labute approximate surface area is 148 Å². The Morgan fingerprint density at radius 3 is 2.72 bits per heavy atom. The van der Waals surface area contributed by atoms with Crippen LogP contribution in [0.25, 0.3) is 5.69 Å². The lowest BCUT2D eigenvalue weighted by Crippen LogP contribution is -2.15. The minimum absolute atomic E-state index is 0.0446. The van der Waals surface area contributed by atoms with Crippen LogP contribution in [0.4, 0.5) is 10.2 Å². The summed E-state index contributed by atoms with van der Waals surface area (Å²) >= 11 is 1.55. The molecule has 0 bridgehead atoms. The number of carbonyl (C=O) groups excluding carboxylic acids is 1. The summed E-state index contributed by atoms with van der Waals surface area (Å²) in [5.74, 6) is 0.566. The van der Waals surface area contributed by atoms with Crippen LogP contribution in [0.3, 0.4) is 0 Å². The van der Waals surface area contributed by atoms with E-state index in [1.165, 1.54) is 12.1 Å². The zero-order chi connectivity index (χ0) is 17.6. The molecule has 8 heteroatoms. The number of nitrogens with one attached hydrogen (secondary N) is 1. The Hall–Kier alpha value is -2.61. The van der Waals surface area contributed by atoms with E-state index in [-0.39, 0.29) is 17.0 Å². The number of halogens is 1. The molecule has 1 aliphatic rings. The van der Waals surface area contributed by atoms with Crippen LogP contribution in [0.2, 0.25) is 0 Å². The lowest BCUT2D eigenvalue weighted by molar-refractivity contribution is -0.113. The molecule has 3 aromatic rings. The number of hydrogen-bond donors (Lipinski definition) is 1. The molecular formula is C17H16FN5OS. The smallest absolute Gasteiger partial charge is 0.235 e. The monoisotopic (exact) mass is 357 g/mol. The molecule has 25 heavy (non-hydrogen) atoms. The van der Waals surface area contributed by atoms with Gasteiger partial charge in [-0.3, -0.25) is 9.48 Å². The minimum Gasteiger partial charge on any atom is -0.310 e. The van der Waals surface area contributed by atoms with Crippen LogP contribution in [-0.4, -0.2) is 31.2 Å². The van der Waals surface area contributed by atoms with Crippen molar-refractivity contribution in [2.45, 2.75) is 12.2 Å². The van der Waals surface area contributed by atoms with Gasteiger partial charge in [0.05, 0.1) is 28.6 Å². The number of amides is 1. The normalized spacial score (nSPS) is 17.1. The van der Waals surface area contributed by atoms with E-state index in [1.807, 2.05) is 20.2 Å². The molecule has 0 spiro atoms. The van der Waals surface area contributed by atoms with Crippen LogP contribution < -0.4 is 5.32 Å². The van der Waals surface area contributed by atoms with Gasteiger partial charge in [0.1, 0.15) is 11.6 Å². The molecule has 3 heterocycles. The summed E-state index contributed by atoms with van der Waals surface area (Å²) in [6.45, 7) is 1.96. The number of aromatic nitrogens is 4. The molecule has 1 atom stereocenters. The van der Waals surface area contributed by atoms with Crippen LogP contribution in [0.1, 0.15) is 22.1 Å². The Morgan fingerprint density at radius 1 is 1.28 bits per heavy atom. The Balaban J connectivity index is 1.84. The van der Waals surface area contributed by atoms with Gasteiger partial charge in [0.25, 0.3) is 0 Å². The highest BCUT2D eigenvalue weighted by Gasteiger charge is 2.30. The van der Waals surface area contributed by atoms with Gasteiger partial charge in [-0.2, -0.15) is 10.2 Å². The zero-order valence-corrected chi connectivity index (χ0v) is 14.5. The van der Waals surface area contributed by atoms with Crippen molar-refractivity contribution in [3.8, 4) is 5.69 Å². The summed E-state index contributed by atoms with van der Waals surface area (Å²) in [5.41, 5.74) is 3.59. The number of thioether (sulfide) groups is 1. The molecule has 1 amide bonds. The summed E-state index contributed by atoms with van der Waals surface area (Å²) in [7, 11) is 1.88. The number of nitrogens with zero attached hydrogens (tertiary/aromatic N) is 4. The van der Waals surface area contributed by atoms with Crippen molar-refractivity contribution in [1.82, 2.24) is 19.6 Å². The maximum Gasteiger partial charge on any atom is 0.235 e. The summed E-state index contributed by atoms with van der Waals surface area (Å²) in [6, 6.07) is 6.02. The molecular weight excluding hydrogens is 341 g/mol. The number of benzene rings is 1. The first kappa shape index (κ1) is 15.9. The first-order valence-electron chi connectivity index (χ1n) is 7.78. The third kappa shape index (κ3) is 2.82. The van der Waals surface area contributed by atoms with Crippen LogP contribution in [-0.2, 0) is 11.8 Å². The van der Waals surface area contributed by atoms with Crippen molar-refractivity contribution in [2.75, 3.05) is 11.1 Å². The Kier molecular flexibility index (Phi) is 3.84. The average Bonchev–Trinajstić information content (AvgIpc) is 3.08. The average molecular weight is 357 g/mol. The number of hydrogen-bond acceptors (Lipinski definition) is 4. The maximum atomic E-state index is 13.2. The summed E-state index contributed by atoms with van der Waals surface area (Å²) < 4.78 is 16.6. The summed E-state index contributed by atoms with van der Waals surface area (Å²) in [4.78, 5) is 12.2. The fourth-order valence-corrected chi connectivity index (χ4v) is 4.16. The predicted molar refractivity (Wildman–Crippen MR) is 94.4 cm³/mol. The van der Waals surface area contributed by atoms with Crippen LogP contribution in [0.5, 0.6) is 0 Å². The van der Waals surface area contributed by atoms with E-state index in [4.69, 9.17) is 0 Å². The van der Waals surface area contributed by atoms with Gasteiger partial charge in [0.15, 0.2) is 0 Å². The third-order valence-electron chi connectivity index (χ3n) is 4.12. The van der Waals surface area contributed by atoms with Crippen LogP contribution in [0.15, 0.2) is 36.7 Å². The van der Waals surface area contributed by atoms with E-state index < -0.39 is 0 Å². The standard InChI is InChI=1S/C17H16FN5OS/c1-10-14(8-22(2)21-10)16-13-7-19-23(12-5-3-11(18)4-6-12)17(13)20-15(24)9-25-16/h3-8,16H,9H2,1-2H3,(H,20,24)/t16-/m1/s1. The number of fused-ring (bicyclic) bond motifs is 1. The molecule has 1 N–H and O–H groups in total. The third-order valence-corrected chi connectivity index (χ3v) is 5.39. The highest BCUT2D eigenvalue weighted by molar-refractivity contribution is 8.00. The number of rotatable bonds is 2. The SMILES string of the molecule is Cc1nn(C)cc1[C@@H]1SCC(=O)Nc2c1cnn2-c1ccc(F)cc1. The van der Waals surface area contributed by atoms with Crippen molar-refractivity contribution >= 4 is 23.5 Å². The first-order chi connectivity index (χ1) is 12.0. The van der Waals surface area contributed by atoms with Crippen molar-refractivity contribution in [3.05, 3.63) is 59.3 Å². The fourth-order valence-electron chi connectivity index (χ4n) is 3.01. The van der Waals surface area contributed by atoms with Gasteiger partial charge >= 0.3 is 0 Å². The highest BCUT2D eigenvalue weighted by Crippen LogP contribution is 2.42. The van der Waals surface area contributed by atoms with Gasteiger partial charge < -0.3 is 5.32 Å². The quantitative estimate of drug-likeness (QED) is 0.766.